The highest BCUT2D eigenvalue weighted by atomic mass is 32.1. The van der Waals surface area contributed by atoms with Gasteiger partial charge in [-0.05, 0) is 35.0 Å². The van der Waals surface area contributed by atoms with Crippen molar-refractivity contribution in [2.75, 3.05) is 0 Å². The van der Waals surface area contributed by atoms with Crippen molar-refractivity contribution in [1.82, 2.24) is 4.57 Å². The zero-order chi connectivity index (χ0) is 15.3. The second-order valence-corrected chi connectivity index (χ2v) is 5.94. The molecule has 2 aromatic carbocycles. The molecule has 108 valence electrons. The summed E-state index contributed by atoms with van der Waals surface area (Å²) >= 11 is 1.63. The Morgan fingerprint density at radius 3 is 2.73 bits per heavy atom. The molecule has 22 heavy (non-hydrogen) atoms. The molecule has 0 spiro atoms. The Bertz CT molecular complexity index is 1030. The number of aromatic hydroxyl groups is 1. The molecule has 4 rings (SSSR count). The minimum absolute atomic E-state index is 0.00889. The third-order valence-electron chi connectivity index (χ3n) is 3.70. The van der Waals surface area contributed by atoms with Crippen LogP contribution < -0.4 is 0 Å². The third kappa shape index (κ3) is 1.85. The van der Waals surface area contributed by atoms with Gasteiger partial charge in [0.15, 0.2) is 0 Å². The second-order valence-electron chi connectivity index (χ2n) is 4.99. The maximum absolute atomic E-state index is 10.9. The van der Waals surface area contributed by atoms with E-state index in [0.29, 0.717) is 5.39 Å². The van der Waals surface area contributed by atoms with E-state index in [2.05, 4.69) is 0 Å². The third-order valence-corrected chi connectivity index (χ3v) is 4.58. The number of aromatic nitrogens is 1. The molecular weight excluding hydrogens is 300 g/mol. The predicted molar refractivity (Wildman–Crippen MR) is 87.0 cm³/mol. The highest BCUT2D eigenvalue weighted by Crippen LogP contribution is 2.34. The second kappa shape index (κ2) is 4.57. The number of nitro groups is 1. The van der Waals surface area contributed by atoms with E-state index in [4.69, 9.17) is 0 Å². The maximum Gasteiger partial charge on any atom is 0.270 e. The van der Waals surface area contributed by atoms with Gasteiger partial charge >= 0.3 is 0 Å². The summed E-state index contributed by atoms with van der Waals surface area (Å²) in [5, 5.41) is 25.7. The first kappa shape index (κ1) is 12.8. The number of hydrogen-bond donors (Lipinski definition) is 1. The summed E-state index contributed by atoms with van der Waals surface area (Å²) in [5.41, 5.74) is 0.792. The number of nitro benzene ring substituents is 1. The average Bonchev–Trinajstić information content (AvgIpc) is 3.11. The molecule has 0 saturated heterocycles. The van der Waals surface area contributed by atoms with Crippen LogP contribution in [0.5, 0.6) is 5.88 Å². The fourth-order valence-electron chi connectivity index (χ4n) is 2.58. The number of thiophene rings is 1. The topological polar surface area (TPSA) is 68.3 Å². The Balaban J connectivity index is 1.94. The first-order chi connectivity index (χ1) is 10.6. The molecule has 1 N–H and O–H groups in total. The molecule has 0 atom stereocenters. The van der Waals surface area contributed by atoms with Crippen molar-refractivity contribution in [1.29, 1.82) is 0 Å². The summed E-state index contributed by atoms with van der Waals surface area (Å²) in [5.74, 6) is 0.00889. The lowest BCUT2D eigenvalue weighted by Crippen LogP contribution is -1.90. The van der Waals surface area contributed by atoms with Crippen molar-refractivity contribution >= 4 is 37.9 Å². The molecular formula is C16H10N2O3S. The van der Waals surface area contributed by atoms with Gasteiger partial charge in [-0.1, -0.05) is 6.07 Å². The zero-order valence-electron chi connectivity index (χ0n) is 11.3. The van der Waals surface area contributed by atoms with Gasteiger partial charge in [-0.3, -0.25) is 14.7 Å². The number of nitrogens with zero attached hydrogens (tertiary/aromatic N) is 2. The van der Waals surface area contributed by atoms with Crippen molar-refractivity contribution in [3.63, 3.8) is 0 Å². The van der Waals surface area contributed by atoms with Crippen LogP contribution in [0.25, 0.3) is 26.5 Å². The van der Waals surface area contributed by atoms with Crippen molar-refractivity contribution in [3.05, 3.63) is 64.2 Å². The maximum atomic E-state index is 10.9. The van der Waals surface area contributed by atoms with Crippen molar-refractivity contribution < 1.29 is 10.0 Å². The van der Waals surface area contributed by atoms with Crippen LogP contribution in [0, 0.1) is 10.1 Å². The van der Waals surface area contributed by atoms with Gasteiger partial charge in [0.2, 0.25) is 5.88 Å². The molecule has 0 fully saturated rings. The van der Waals surface area contributed by atoms with Gasteiger partial charge in [-0.2, -0.15) is 0 Å². The predicted octanol–water partition coefficient (Wildman–Crippen LogP) is 4.46. The quantitative estimate of drug-likeness (QED) is 0.439. The average molecular weight is 310 g/mol. The largest absolute Gasteiger partial charge is 0.494 e. The Morgan fingerprint density at radius 2 is 1.91 bits per heavy atom. The summed E-state index contributed by atoms with van der Waals surface area (Å²) in [4.78, 5) is 10.4. The van der Waals surface area contributed by atoms with Crippen LogP contribution in [0.2, 0.25) is 0 Å². The van der Waals surface area contributed by atoms with Gasteiger partial charge in [-0.15, -0.1) is 11.3 Å². The van der Waals surface area contributed by atoms with E-state index in [-0.39, 0.29) is 11.6 Å². The minimum Gasteiger partial charge on any atom is -0.494 e. The number of benzene rings is 2. The standard InChI is InChI=1S/C16H10N2O3S/c19-16-14-7-13(18(20)21)4-2-11(14)9-17(16)12-3-1-10-5-6-22-15(10)8-12/h1-9,19H. The highest BCUT2D eigenvalue weighted by molar-refractivity contribution is 7.17. The zero-order valence-corrected chi connectivity index (χ0v) is 12.1. The first-order valence-corrected chi connectivity index (χ1v) is 7.47. The van der Waals surface area contributed by atoms with Crippen LogP contribution in [0.1, 0.15) is 0 Å². The fraction of sp³-hybridized carbons (Fsp3) is 0. The molecule has 0 unspecified atom stereocenters. The van der Waals surface area contributed by atoms with Crippen LogP contribution in [0.3, 0.4) is 0 Å². The van der Waals surface area contributed by atoms with E-state index >= 15 is 0 Å². The van der Waals surface area contributed by atoms with Gasteiger partial charge < -0.3 is 5.11 Å². The molecule has 0 aliphatic heterocycles. The van der Waals surface area contributed by atoms with Crippen LogP contribution >= 0.6 is 11.3 Å². The molecule has 6 heteroatoms. The van der Waals surface area contributed by atoms with E-state index in [1.807, 2.05) is 29.6 Å². The van der Waals surface area contributed by atoms with Crippen LogP contribution in [-0.2, 0) is 0 Å². The number of fused-ring (bicyclic) bond motifs is 2. The molecule has 2 aromatic heterocycles. The van der Waals surface area contributed by atoms with Gasteiger partial charge in [0, 0.05) is 34.1 Å². The van der Waals surface area contributed by atoms with Crippen molar-refractivity contribution in [3.8, 4) is 11.6 Å². The summed E-state index contributed by atoms with van der Waals surface area (Å²) in [6.45, 7) is 0. The van der Waals surface area contributed by atoms with Gasteiger partial charge in [-0.25, -0.2) is 0 Å². The Kier molecular flexibility index (Phi) is 2.67. The van der Waals surface area contributed by atoms with Crippen LogP contribution in [-0.4, -0.2) is 14.6 Å². The van der Waals surface area contributed by atoms with Gasteiger partial charge in [0.1, 0.15) is 0 Å². The lowest BCUT2D eigenvalue weighted by Gasteiger charge is -2.04. The smallest absolute Gasteiger partial charge is 0.270 e. The Morgan fingerprint density at radius 1 is 1.09 bits per heavy atom. The first-order valence-electron chi connectivity index (χ1n) is 6.59. The van der Waals surface area contributed by atoms with Gasteiger partial charge in [0.25, 0.3) is 5.69 Å². The summed E-state index contributed by atoms with van der Waals surface area (Å²) in [7, 11) is 0. The molecule has 5 nitrogen and oxygen atoms in total. The Labute approximate surface area is 128 Å². The van der Waals surface area contributed by atoms with Crippen LogP contribution in [0.15, 0.2) is 54.0 Å². The molecule has 0 radical (unpaired) electrons. The van der Waals surface area contributed by atoms with E-state index in [1.54, 1.807) is 28.2 Å². The van der Waals surface area contributed by atoms with Crippen molar-refractivity contribution in [2.45, 2.75) is 0 Å². The monoisotopic (exact) mass is 310 g/mol. The Hall–Kier alpha value is -2.86. The molecule has 0 aliphatic rings. The lowest BCUT2D eigenvalue weighted by molar-refractivity contribution is -0.384. The number of non-ortho nitro benzene ring substituents is 1. The molecule has 0 bridgehead atoms. The van der Waals surface area contributed by atoms with E-state index in [0.717, 1.165) is 21.2 Å². The van der Waals surface area contributed by atoms with Gasteiger partial charge in [0.05, 0.1) is 10.3 Å². The summed E-state index contributed by atoms with van der Waals surface area (Å²) in [6.07, 6.45) is 1.78. The molecule has 0 aliphatic carbocycles. The normalized spacial score (nSPS) is 11.3. The van der Waals surface area contributed by atoms with E-state index < -0.39 is 4.92 Å². The number of rotatable bonds is 2. The summed E-state index contributed by atoms with van der Waals surface area (Å²) < 4.78 is 2.77. The molecule has 4 aromatic rings. The number of hydrogen-bond acceptors (Lipinski definition) is 4. The SMILES string of the molecule is O=[N+]([O-])c1ccc2cn(-c3ccc4ccsc4c3)c(O)c2c1. The van der Waals surface area contributed by atoms with Crippen molar-refractivity contribution in [2.24, 2.45) is 0 Å². The summed E-state index contributed by atoms with van der Waals surface area (Å²) in [6, 6.07) is 12.4. The minimum atomic E-state index is -0.464. The molecule has 2 heterocycles. The molecule has 0 amide bonds. The fourth-order valence-corrected chi connectivity index (χ4v) is 3.41. The highest BCUT2D eigenvalue weighted by Gasteiger charge is 2.14. The lowest BCUT2D eigenvalue weighted by atomic mass is 10.2. The van der Waals surface area contributed by atoms with E-state index in [1.165, 1.54) is 12.1 Å². The van der Waals surface area contributed by atoms with Crippen LogP contribution in [0.4, 0.5) is 5.69 Å². The van der Waals surface area contributed by atoms with E-state index in [9.17, 15) is 15.2 Å². The molecule has 0 saturated carbocycles.